The van der Waals surface area contributed by atoms with Gasteiger partial charge in [-0.15, -0.1) is 0 Å². The predicted molar refractivity (Wildman–Crippen MR) is 88.0 cm³/mol. The van der Waals surface area contributed by atoms with Gasteiger partial charge in [0.1, 0.15) is 5.52 Å². The van der Waals surface area contributed by atoms with Crippen LogP contribution in [0.15, 0.2) is 10.5 Å². The lowest BCUT2D eigenvalue weighted by atomic mass is 9.78. The van der Waals surface area contributed by atoms with Gasteiger partial charge in [0.2, 0.25) is 0 Å². The number of aromatic nitrogens is 1. The summed E-state index contributed by atoms with van der Waals surface area (Å²) in [5.74, 6) is 0.410. The first kappa shape index (κ1) is 15.9. The van der Waals surface area contributed by atoms with Gasteiger partial charge in [-0.2, -0.15) is 0 Å². The Morgan fingerprint density at radius 3 is 2.62 bits per heavy atom. The molecule has 2 aromatic rings. The van der Waals surface area contributed by atoms with Crippen LogP contribution >= 0.6 is 0 Å². The van der Waals surface area contributed by atoms with Crippen molar-refractivity contribution in [3.05, 3.63) is 17.8 Å². The maximum Gasteiger partial charge on any atom is 0.498 e. The lowest BCUT2D eigenvalue weighted by molar-refractivity contribution is -0.0264. The fourth-order valence-electron chi connectivity index (χ4n) is 3.64. The highest BCUT2D eigenvalue weighted by molar-refractivity contribution is 6.63. The highest BCUT2D eigenvalue weighted by Gasteiger charge is 2.61. The van der Waals surface area contributed by atoms with E-state index in [1.807, 2.05) is 13.8 Å². The molecule has 2 aliphatic rings. The van der Waals surface area contributed by atoms with E-state index in [0.717, 1.165) is 12.8 Å². The number of nitrogens with zero attached hydrogens (tertiary/aromatic N) is 1. The molecule has 1 aromatic heterocycles. The van der Waals surface area contributed by atoms with Crippen molar-refractivity contribution in [1.29, 1.82) is 0 Å². The zero-order valence-corrected chi connectivity index (χ0v) is 14.6. The van der Waals surface area contributed by atoms with E-state index in [1.165, 1.54) is 7.11 Å². The van der Waals surface area contributed by atoms with Gasteiger partial charge in [-0.05, 0) is 45.6 Å². The first-order valence-corrected chi connectivity index (χ1v) is 8.26. The van der Waals surface area contributed by atoms with Crippen LogP contribution in [-0.4, -0.2) is 30.4 Å². The molecule has 5 nitrogen and oxygen atoms in total. The lowest BCUT2D eigenvalue weighted by Gasteiger charge is -2.36. The molecule has 1 aromatic carbocycles. The van der Waals surface area contributed by atoms with Crippen molar-refractivity contribution in [3.63, 3.8) is 0 Å². The molecule has 2 fully saturated rings. The number of rotatable bonds is 3. The smallest absolute Gasteiger partial charge is 0.494 e. The highest BCUT2D eigenvalue weighted by atomic mass is 19.1. The van der Waals surface area contributed by atoms with Crippen LogP contribution in [0.5, 0.6) is 5.75 Å². The van der Waals surface area contributed by atoms with Crippen molar-refractivity contribution in [2.75, 3.05) is 7.11 Å². The number of benzene rings is 1. The van der Waals surface area contributed by atoms with E-state index in [4.69, 9.17) is 18.5 Å². The van der Waals surface area contributed by atoms with E-state index in [0.29, 0.717) is 22.9 Å². The summed E-state index contributed by atoms with van der Waals surface area (Å²) >= 11 is 0. The molecule has 1 aliphatic heterocycles. The second-order valence-electron chi connectivity index (χ2n) is 7.35. The third-order valence-electron chi connectivity index (χ3n) is 5.48. The summed E-state index contributed by atoms with van der Waals surface area (Å²) in [6, 6.07) is 1.70. The van der Waals surface area contributed by atoms with Crippen molar-refractivity contribution < 1.29 is 22.9 Å². The Labute approximate surface area is 140 Å². The van der Waals surface area contributed by atoms with Gasteiger partial charge in [0.05, 0.1) is 18.3 Å². The molecular weight excluding hydrogens is 312 g/mol. The third kappa shape index (κ3) is 2.11. The van der Waals surface area contributed by atoms with Gasteiger partial charge in [-0.1, -0.05) is 0 Å². The maximum atomic E-state index is 14.8. The van der Waals surface area contributed by atoms with Gasteiger partial charge in [-0.25, -0.2) is 9.37 Å². The number of oxazole rings is 1. The second kappa shape index (κ2) is 4.96. The molecule has 24 heavy (non-hydrogen) atoms. The van der Waals surface area contributed by atoms with Gasteiger partial charge < -0.3 is 18.5 Å². The van der Waals surface area contributed by atoms with Gasteiger partial charge in [-0.3, -0.25) is 0 Å². The van der Waals surface area contributed by atoms with Crippen LogP contribution in [0.25, 0.3) is 11.1 Å². The molecule has 128 valence electrons. The van der Waals surface area contributed by atoms with E-state index in [9.17, 15) is 4.39 Å². The van der Waals surface area contributed by atoms with Crippen molar-refractivity contribution in [2.24, 2.45) is 5.92 Å². The molecule has 0 amide bonds. The van der Waals surface area contributed by atoms with E-state index in [-0.39, 0.29) is 11.3 Å². The molecule has 0 spiro atoms. The van der Waals surface area contributed by atoms with Crippen molar-refractivity contribution in [1.82, 2.24) is 4.98 Å². The zero-order chi connectivity index (χ0) is 17.3. The first-order valence-electron chi connectivity index (χ1n) is 8.26. The highest BCUT2D eigenvalue weighted by Crippen LogP contribution is 2.52. The lowest BCUT2D eigenvalue weighted by Crippen LogP contribution is -2.46. The van der Waals surface area contributed by atoms with E-state index >= 15 is 0 Å². The molecule has 1 saturated heterocycles. The Morgan fingerprint density at radius 2 is 2.00 bits per heavy atom. The largest absolute Gasteiger partial charge is 0.498 e. The molecule has 7 heteroatoms. The second-order valence-corrected chi connectivity index (χ2v) is 7.35. The van der Waals surface area contributed by atoms with E-state index in [1.54, 1.807) is 13.0 Å². The van der Waals surface area contributed by atoms with Gasteiger partial charge >= 0.3 is 7.12 Å². The molecule has 1 saturated carbocycles. The number of halogens is 1. The number of ether oxygens (including phenoxy) is 1. The Morgan fingerprint density at radius 1 is 1.29 bits per heavy atom. The van der Waals surface area contributed by atoms with Crippen LogP contribution in [0.1, 0.15) is 39.5 Å². The Hall–Kier alpha value is -1.60. The summed E-state index contributed by atoms with van der Waals surface area (Å²) in [6.45, 7) is 7.79. The monoisotopic (exact) mass is 333 g/mol. The minimum absolute atomic E-state index is 0.0941. The van der Waals surface area contributed by atoms with Crippen molar-refractivity contribution in [3.8, 4) is 5.75 Å². The summed E-state index contributed by atoms with van der Waals surface area (Å²) in [4.78, 5) is 4.08. The molecular formula is C17H21BFNO4. The Balaban J connectivity index is 1.82. The number of fused-ring (bicyclic) bond motifs is 1. The van der Waals surface area contributed by atoms with Gasteiger partial charge in [0.15, 0.2) is 23.0 Å². The van der Waals surface area contributed by atoms with Crippen LogP contribution in [-0.2, 0) is 9.31 Å². The molecule has 0 N–H and O–H groups in total. The average molecular weight is 333 g/mol. The predicted octanol–water partition coefficient (Wildman–Crippen LogP) is 2.97. The fraction of sp³-hybridized carbons (Fsp3) is 0.588. The molecule has 0 bridgehead atoms. The number of aryl methyl sites for hydroxylation is 1. The minimum Gasteiger partial charge on any atom is -0.494 e. The van der Waals surface area contributed by atoms with Crippen LogP contribution in [0.3, 0.4) is 0 Å². The number of hydrogen-bond donors (Lipinski definition) is 0. The van der Waals surface area contributed by atoms with Crippen molar-refractivity contribution >= 4 is 23.7 Å². The summed E-state index contributed by atoms with van der Waals surface area (Å²) in [6.07, 6.45) is 2.25. The molecule has 0 radical (unpaired) electrons. The molecule has 1 aliphatic carbocycles. The van der Waals surface area contributed by atoms with Crippen LogP contribution in [0.2, 0.25) is 0 Å². The first-order chi connectivity index (χ1) is 11.3. The molecule has 4 rings (SSSR count). The van der Waals surface area contributed by atoms with Crippen LogP contribution in [0, 0.1) is 18.7 Å². The van der Waals surface area contributed by atoms with Crippen LogP contribution in [0.4, 0.5) is 4.39 Å². The summed E-state index contributed by atoms with van der Waals surface area (Å²) < 4.78 is 38.1. The summed E-state index contributed by atoms with van der Waals surface area (Å²) in [7, 11) is 0.728. The SMILES string of the molecule is COc1c(B2OC(C)(C)C(C)(C3CC3)O2)cc2oc(C)nc2c1F. The molecule has 2 heterocycles. The van der Waals surface area contributed by atoms with Crippen LogP contribution < -0.4 is 10.2 Å². The minimum atomic E-state index is -0.704. The maximum absolute atomic E-state index is 14.8. The Bertz CT molecular complexity index is 817. The quantitative estimate of drug-likeness (QED) is 0.809. The standard InChI is InChI=1S/C17H21BFNO4/c1-9-20-14-12(22-9)8-11(15(21-5)13(14)19)18-23-16(2,3)17(4,24-18)10-6-7-10/h8,10H,6-7H2,1-5H3. The topological polar surface area (TPSA) is 53.7 Å². The molecule has 1 unspecified atom stereocenters. The van der Waals surface area contributed by atoms with Crippen molar-refractivity contribution in [2.45, 2.75) is 51.7 Å². The summed E-state index contributed by atoms with van der Waals surface area (Å²) in [5, 5.41) is 0. The third-order valence-corrected chi connectivity index (χ3v) is 5.48. The molecule has 1 atom stereocenters. The number of hydrogen-bond acceptors (Lipinski definition) is 5. The zero-order valence-electron chi connectivity index (χ0n) is 14.6. The van der Waals surface area contributed by atoms with Gasteiger partial charge in [0, 0.05) is 12.4 Å². The summed E-state index contributed by atoms with van der Waals surface area (Å²) in [5.41, 5.74) is 0.134. The van der Waals surface area contributed by atoms with E-state index < -0.39 is 24.1 Å². The van der Waals surface area contributed by atoms with E-state index in [2.05, 4.69) is 11.9 Å². The normalized spacial score (nSPS) is 26.3. The Kier molecular flexibility index (Phi) is 3.28. The van der Waals surface area contributed by atoms with Gasteiger partial charge in [0.25, 0.3) is 0 Å². The fourth-order valence-corrected chi connectivity index (χ4v) is 3.64. The number of methoxy groups -OCH3 is 1. The average Bonchev–Trinajstić information content (AvgIpc) is 3.24.